The maximum absolute atomic E-state index is 11.9. The minimum atomic E-state index is -0.364. The minimum absolute atomic E-state index is 0.147. The molecule has 0 aliphatic rings. The summed E-state index contributed by atoms with van der Waals surface area (Å²) < 4.78 is 16.5. The highest BCUT2D eigenvalue weighted by atomic mass is 79.9. The number of halogens is 1. The highest BCUT2D eigenvalue weighted by Gasteiger charge is 2.12. The molecular weight excluding hydrogens is 336 g/mol. The Bertz CT molecular complexity index is 626. The van der Waals surface area contributed by atoms with Crippen LogP contribution in [0, 0.1) is 0 Å². The number of hydrogen-bond acceptors (Lipinski definition) is 4. The zero-order valence-corrected chi connectivity index (χ0v) is 13.3. The Morgan fingerprint density at radius 2 is 1.67 bits per heavy atom. The van der Waals surface area contributed by atoms with Crippen molar-refractivity contribution in [1.29, 1.82) is 0 Å². The van der Waals surface area contributed by atoms with Crippen molar-refractivity contribution in [3.63, 3.8) is 0 Å². The Labute approximate surface area is 131 Å². The third-order valence-electron chi connectivity index (χ3n) is 2.92. The van der Waals surface area contributed by atoms with Crippen LogP contribution in [0.5, 0.6) is 11.5 Å². The van der Waals surface area contributed by atoms with Gasteiger partial charge in [-0.25, -0.2) is 4.79 Å². The third kappa shape index (κ3) is 3.76. The smallest absolute Gasteiger partial charge is 0.338 e. The molecule has 0 unspecified atom stereocenters. The molecule has 0 amide bonds. The van der Waals surface area contributed by atoms with Crippen LogP contribution in [0.4, 0.5) is 0 Å². The average molecular weight is 351 g/mol. The molecule has 0 fully saturated rings. The van der Waals surface area contributed by atoms with Crippen LogP contribution in [-0.4, -0.2) is 20.2 Å². The number of methoxy groups -OCH3 is 2. The molecule has 0 bridgehead atoms. The first-order valence-electron chi connectivity index (χ1n) is 6.28. The molecule has 0 atom stereocenters. The highest BCUT2D eigenvalue weighted by Crippen LogP contribution is 2.33. The summed E-state index contributed by atoms with van der Waals surface area (Å²) in [6, 6.07) is 12.4. The molecule has 5 heteroatoms. The van der Waals surface area contributed by atoms with Crippen molar-refractivity contribution in [2.24, 2.45) is 0 Å². The van der Waals surface area contributed by atoms with Gasteiger partial charge in [0.2, 0.25) is 0 Å². The van der Waals surface area contributed by atoms with E-state index in [-0.39, 0.29) is 12.6 Å². The van der Waals surface area contributed by atoms with Gasteiger partial charge in [-0.05, 0) is 24.3 Å². The zero-order chi connectivity index (χ0) is 15.2. The second-order valence-corrected chi connectivity index (χ2v) is 5.10. The summed E-state index contributed by atoms with van der Waals surface area (Å²) in [4.78, 5) is 11.9. The van der Waals surface area contributed by atoms with E-state index in [0.29, 0.717) is 17.1 Å². The van der Waals surface area contributed by atoms with Crippen LogP contribution in [0.15, 0.2) is 46.9 Å². The molecular formula is C16H15BrO4. The Kier molecular flexibility index (Phi) is 5.22. The predicted molar refractivity (Wildman–Crippen MR) is 82.8 cm³/mol. The molecule has 0 radical (unpaired) electrons. The van der Waals surface area contributed by atoms with Crippen molar-refractivity contribution in [3.05, 3.63) is 58.1 Å². The van der Waals surface area contributed by atoms with E-state index in [1.807, 2.05) is 6.07 Å². The number of carbonyl (C=O) groups is 1. The van der Waals surface area contributed by atoms with Crippen molar-refractivity contribution in [3.8, 4) is 11.5 Å². The first kappa shape index (κ1) is 15.4. The number of carbonyl (C=O) groups excluding carboxylic acids is 1. The molecule has 0 saturated carbocycles. The molecule has 2 aromatic carbocycles. The molecule has 4 nitrogen and oxygen atoms in total. The van der Waals surface area contributed by atoms with Gasteiger partial charge in [0.1, 0.15) is 6.61 Å². The van der Waals surface area contributed by atoms with E-state index < -0.39 is 0 Å². The van der Waals surface area contributed by atoms with Crippen LogP contribution in [0.1, 0.15) is 15.9 Å². The maximum Gasteiger partial charge on any atom is 0.338 e. The molecule has 0 saturated heterocycles. The molecule has 0 aromatic heterocycles. The molecule has 0 heterocycles. The Morgan fingerprint density at radius 1 is 1.05 bits per heavy atom. The van der Waals surface area contributed by atoms with Crippen LogP contribution < -0.4 is 9.47 Å². The van der Waals surface area contributed by atoms with Crippen molar-refractivity contribution in [1.82, 2.24) is 0 Å². The number of esters is 1. The van der Waals surface area contributed by atoms with E-state index in [1.165, 1.54) is 0 Å². The van der Waals surface area contributed by atoms with Crippen LogP contribution in [0.3, 0.4) is 0 Å². The molecule has 21 heavy (non-hydrogen) atoms. The molecule has 2 aromatic rings. The lowest BCUT2D eigenvalue weighted by Gasteiger charge is -2.12. The lowest BCUT2D eigenvalue weighted by molar-refractivity contribution is 0.0471. The monoisotopic (exact) mass is 350 g/mol. The lowest BCUT2D eigenvalue weighted by atomic mass is 10.2. The van der Waals surface area contributed by atoms with Crippen molar-refractivity contribution < 1.29 is 19.0 Å². The molecule has 0 aliphatic carbocycles. The summed E-state index contributed by atoms with van der Waals surface area (Å²) in [6.45, 7) is 0.147. The predicted octanol–water partition coefficient (Wildman–Crippen LogP) is 3.82. The fourth-order valence-electron chi connectivity index (χ4n) is 1.81. The average Bonchev–Trinajstić information content (AvgIpc) is 2.53. The van der Waals surface area contributed by atoms with Crippen molar-refractivity contribution >= 4 is 21.9 Å². The first-order chi connectivity index (χ1) is 10.2. The third-order valence-corrected chi connectivity index (χ3v) is 3.66. The van der Waals surface area contributed by atoms with Crippen LogP contribution in [-0.2, 0) is 11.3 Å². The van der Waals surface area contributed by atoms with Crippen LogP contribution >= 0.6 is 15.9 Å². The normalized spacial score (nSPS) is 10.0. The molecule has 0 spiro atoms. The van der Waals surface area contributed by atoms with Crippen LogP contribution in [0.2, 0.25) is 0 Å². The minimum Gasteiger partial charge on any atom is -0.493 e. The largest absolute Gasteiger partial charge is 0.493 e. The van der Waals surface area contributed by atoms with E-state index >= 15 is 0 Å². The Balaban J connectivity index is 2.11. The second kappa shape index (κ2) is 7.13. The molecule has 0 N–H and O–H groups in total. The molecule has 0 aliphatic heterocycles. The van der Waals surface area contributed by atoms with Gasteiger partial charge in [0, 0.05) is 10.0 Å². The van der Waals surface area contributed by atoms with E-state index in [2.05, 4.69) is 15.9 Å². The maximum atomic E-state index is 11.9. The van der Waals surface area contributed by atoms with Gasteiger partial charge >= 0.3 is 5.97 Å². The first-order valence-corrected chi connectivity index (χ1v) is 7.07. The fraction of sp³-hybridized carbons (Fsp3) is 0.188. The van der Waals surface area contributed by atoms with Gasteiger partial charge in [-0.15, -0.1) is 0 Å². The van der Waals surface area contributed by atoms with Gasteiger partial charge < -0.3 is 14.2 Å². The van der Waals surface area contributed by atoms with Gasteiger partial charge in [0.25, 0.3) is 0 Å². The van der Waals surface area contributed by atoms with Gasteiger partial charge in [0.05, 0.1) is 19.8 Å². The summed E-state index contributed by atoms with van der Waals surface area (Å²) in [5, 5.41) is 0. The van der Waals surface area contributed by atoms with Crippen molar-refractivity contribution in [2.75, 3.05) is 14.2 Å². The number of hydrogen-bond donors (Lipinski definition) is 0. The Morgan fingerprint density at radius 3 is 2.29 bits per heavy atom. The standard InChI is InChI=1S/C16H15BrO4/c1-19-14-8-12(13(17)9-15(14)20-2)10-21-16(18)11-6-4-3-5-7-11/h3-9H,10H2,1-2H3. The van der Waals surface area contributed by atoms with Crippen LogP contribution in [0.25, 0.3) is 0 Å². The summed E-state index contributed by atoms with van der Waals surface area (Å²) >= 11 is 3.43. The van der Waals surface area contributed by atoms with Gasteiger partial charge in [-0.3, -0.25) is 0 Å². The molecule has 2 rings (SSSR count). The number of benzene rings is 2. The fourth-order valence-corrected chi connectivity index (χ4v) is 2.24. The number of ether oxygens (including phenoxy) is 3. The zero-order valence-electron chi connectivity index (χ0n) is 11.8. The SMILES string of the molecule is COc1cc(Br)c(COC(=O)c2ccccc2)cc1OC. The van der Waals surface area contributed by atoms with E-state index in [9.17, 15) is 4.79 Å². The molecule has 110 valence electrons. The van der Waals surface area contributed by atoms with E-state index in [4.69, 9.17) is 14.2 Å². The lowest BCUT2D eigenvalue weighted by Crippen LogP contribution is -2.05. The summed E-state index contributed by atoms with van der Waals surface area (Å²) in [5.41, 5.74) is 1.33. The Hall–Kier alpha value is -2.01. The summed E-state index contributed by atoms with van der Waals surface area (Å²) in [7, 11) is 3.13. The highest BCUT2D eigenvalue weighted by molar-refractivity contribution is 9.10. The van der Waals surface area contributed by atoms with E-state index in [1.54, 1.807) is 50.6 Å². The number of rotatable bonds is 5. The van der Waals surface area contributed by atoms with Gasteiger partial charge in [-0.2, -0.15) is 0 Å². The van der Waals surface area contributed by atoms with Gasteiger partial charge in [-0.1, -0.05) is 34.1 Å². The summed E-state index contributed by atoms with van der Waals surface area (Å²) in [6.07, 6.45) is 0. The van der Waals surface area contributed by atoms with Gasteiger partial charge in [0.15, 0.2) is 11.5 Å². The quantitative estimate of drug-likeness (QED) is 0.769. The van der Waals surface area contributed by atoms with E-state index in [0.717, 1.165) is 10.0 Å². The second-order valence-electron chi connectivity index (χ2n) is 4.24. The van der Waals surface area contributed by atoms with Crippen molar-refractivity contribution in [2.45, 2.75) is 6.61 Å². The summed E-state index contributed by atoms with van der Waals surface area (Å²) in [5.74, 6) is 0.839. The topological polar surface area (TPSA) is 44.8 Å².